The fraction of sp³-hybridized carbons (Fsp3) is 0.227. The summed E-state index contributed by atoms with van der Waals surface area (Å²) in [6.45, 7) is 2.38. The Bertz CT molecular complexity index is 1040. The van der Waals surface area contributed by atoms with E-state index < -0.39 is 5.91 Å². The third-order valence-electron chi connectivity index (χ3n) is 5.11. The minimum absolute atomic E-state index is 0.226. The number of ether oxygens (including phenoxy) is 1. The number of benzene rings is 2. The molecule has 0 atom stereocenters. The van der Waals surface area contributed by atoms with Gasteiger partial charge in [0.15, 0.2) is 6.61 Å². The molecule has 1 amide bonds. The second kappa shape index (κ2) is 8.46. The van der Waals surface area contributed by atoms with Gasteiger partial charge in [-0.25, -0.2) is 9.87 Å². The fourth-order valence-corrected chi connectivity index (χ4v) is 3.59. The van der Waals surface area contributed by atoms with Crippen molar-refractivity contribution in [3.8, 4) is 5.75 Å². The smallest absolute Gasteiger partial charge is 0.281 e. The summed E-state index contributed by atoms with van der Waals surface area (Å²) in [6.07, 6.45) is 5.13. The lowest BCUT2D eigenvalue weighted by Crippen LogP contribution is -2.28. The van der Waals surface area contributed by atoms with Gasteiger partial charge in [0.25, 0.3) is 5.91 Å². The van der Waals surface area contributed by atoms with E-state index in [-0.39, 0.29) is 12.4 Å². The van der Waals surface area contributed by atoms with Crippen LogP contribution in [0.5, 0.6) is 5.75 Å². The van der Waals surface area contributed by atoms with Crippen LogP contribution in [0.25, 0.3) is 16.5 Å². The van der Waals surface area contributed by atoms with Crippen LogP contribution in [0.15, 0.2) is 54.7 Å². The highest BCUT2D eigenvalue weighted by Gasteiger charge is 2.16. The Morgan fingerprint density at radius 2 is 2.07 bits per heavy atom. The van der Waals surface area contributed by atoms with E-state index in [0.717, 1.165) is 48.1 Å². The summed E-state index contributed by atoms with van der Waals surface area (Å²) in [4.78, 5) is 16.5. The summed E-state index contributed by atoms with van der Waals surface area (Å²) in [5, 5.41) is 9.53. The second-order valence-electron chi connectivity index (χ2n) is 7.07. The van der Waals surface area contributed by atoms with E-state index in [0.29, 0.717) is 5.75 Å². The van der Waals surface area contributed by atoms with Crippen molar-refractivity contribution in [2.24, 2.45) is 0 Å². The Hall–Kier alpha value is -3.16. The molecule has 1 aliphatic rings. The van der Waals surface area contributed by atoms with E-state index in [1.807, 2.05) is 36.5 Å². The maximum Gasteiger partial charge on any atom is 0.281 e. The van der Waals surface area contributed by atoms with Crippen molar-refractivity contribution < 1.29 is 19.1 Å². The van der Waals surface area contributed by atoms with Gasteiger partial charge in [0, 0.05) is 42.3 Å². The zero-order valence-corrected chi connectivity index (χ0v) is 15.8. The zero-order chi connectivity index (χ0) is 20.2. The molecule has 4 rings (SSSR count). The van der Waals surface area contributed by atoms with Crippen LogP contribution in [-0.4, -0.2) is 40.7 Å². The first-order chi connectivity index (χ1) is 14.1. The van der Waals surface area contributed by atoms with Crippen molar-refractivity contribution in [3.05, 3.63) is 71.7 Å². The fourth-order valence-electron chi connectivity index (χ4n) is 3.59. The maximum atomic E-state index is 13.4. The molecular weight excluding hydrogens is 373 g/mol. The van der Waals surface area contributed by atoms with E-state index in [9.17, 15) is 9.18 Å². The Morgan fingerprint density at radius 3 is 2.79 bits per heavy atom. The van der Waals surface area contributed by atoms with Gasteiger partial charge in [0.05, 0.1) is 0 Å². The minimum atomic E-state index is -0.592. The molecular formula is C22H22FN3O3. The van der Waals surface area contributed by atoms with Crippen molar-refractivity contribution >= 4 is 22.4 Å². The first-order valence-electron chi connectivity index (χ1n) is 9.45. The van der Waals surface area contributed by atoms with Gasteiger partial charge in [0.1, 0.15) is 11.6 Å². The van der Waals surface area contributed by atoms with Crippen LogP contribution in [0.4, 0.5) is 4.39 Å². The van der Waals surface area contributed by atoms with Crippen LogP contribution in [0.2, 0.25) is 0 Å². The number of hydrogen-bond acceptors (Lipinski definition) is 4. The van der Waals surface area contributed by atoms with Gasteiger partial charge >= 0.3 is 0 Å². The number of fused-ring (bicyclic) bond motifs is 1. The highest BCUT2D eigenvalue weighted by molar-refractivity contribution is 5.92. The van der Waals surface area contributed by atoms with Crippen molar-refractivity contribution in [1.29, 1.82) is 0 Å². The van der Waals surface area contributed by atoms with Crippen molar-refractivity contribution in [2.45, 2.75) is 13.0 Å². The highest BCUT2D eigenvalue weighted by Crippen LogP contribution is 2.30. The lowest BCUT2D eigenvalue weighted by molar-refractivity contribution is -0.131. The number of amides is 1. The number of nitrogens with one attached hydrogen (secondary N) is 2. The van der Waals surface area contributed by atoms with Gasteiger partial charge < -0.3 is 9.72 Å². The van der Waals surface area contributed by atoms with Crippen molar-refractivity contribution in [1.82, 2.24) is 15.4 Å². The predicted molar refractivity (Wildman–Crippen MR) is 108 cm³/mol. The highest BCUT2D eigenvalue weighted by atomic mass is 19.1. The Morgan fingerprint density at radius 1 is 1.24 bits per heavy atom. The first-order valence-corrected chi connectivity index (χ1v) is 9.45. The molecule has 6 nitrogen and oxygen atoms in total. The van der Waals surface area contributed by atoms with Crippen molar-refractivity contribution in [3.63, 3.8) is 0 Å². The SMILES string of the molecule is O=C(COc1ccc(CN2CC=C(c3c[nH]c4cc(F)ccc34)CC2)cc1)NO. The normalized spacial score (nSPS) is 14.6. The largest absolute Gasteiger partial charge is 0.484 e. The molecule has 0 fully saturated rings. The number of aromatic nitrogens is 1. The van der Waals surface area contributed by atoms with E-state index in [2.05, 4.69) is 16.0 Å². The molecule has 1 aliphatic heterocycles. The number of nitrogens with zero attached hydrogens (tertiary/aromatic N) is 1. The summed E-state index contributed by atoms with van der Waals surface area (Å²) >= 11 is 0. The number of hydrogen-bond donors (Lipinski definition) is 3. The molecule has 1 aromatic heterocycles. The van der Waals surface area contributed by atoms with E-state index in [1.165, 1.54) is 23.2 Å². The third-order valence-corrected chi connectivity index (χ3v) is 5.11. The molecule has 0 radical (unpaired) electrons. The van der Waals surface area contributed by atoms with Crippen LogP contribution in [0, 0.1) is 5.82 Å². The molecule has 0 aliphatic carbocycles. The summed E-state index contributed by atoms with van der Waals surface area (Å²) in [5.41, 5.74) is 5.94. The molecule has 0 unspecified atom stereocenters. The van der Waals surface area contributed by atoms with Gasteiger partial charge in [0.2, 0.25) is 0 Å². The number of hydroxylamine groups is 1. The number of H-pyrrole nitrogens is 1. The number of carbonyl (C=O) groups is 1. The molecule has 7 heteroatoms. The minimum Gasteiger partial charge on any atom is -0.484 e. The number of carbonyl (C=O) groups excluding carboxylic acids is 1. The van der Waals surface area contributed by atoms with Crippen LogP contribution < -0.4 is 10.2 Å². The molecule has 150 valence electrons. The number of rotatable bonds is 6. The second-order valence-corrected chi connectivity index (χ2v) is 7.07. The number of halogens is 1. The van der Waals surface area contributed by atoms with Gasteiger partial charge in [-0.2, -0.15) is 0 Å². The lowest BCUT2D eigenvalue weighted by Gasteiger charge is -2.26. The van der Waals surface area contributed by atoms with E-state index >= 15 is 0 Å². The average molecular weight is 395 g/mol. The molecule has 0 bridgehead atoms. The molecule has 2 heterocycles. The van der Waals surface area contributed by atoms with Crippen LogP contribution in [0.1, 0.15) is 17.5 Å². The lowest BCUT2D eigenvalue weighted by atomic mass is 9.98. The topological polar surface area (TPSA) is 77.6 Å². The Balaban J connectivity index is 1.36. The monoisotopic (exact) mass is 395 g/mol. The predicted octanol–water partition coefficient (Wildman–Crippen LogP) is 3.48. The molecule has 3 aromatic rings. The van der Waals surface area contributed by atoms with E-state index in [1.54, 1.807) is 0 Å². The molecule has 3 N–H and O–H groups in total. The van der Waals surface area contributed by atoms with Crippen LogP contribution in [-0.2, 0) is 11.3 Å². The Kier molecular flexibility index (Phi) is 5.59. The molecule has 29 heavy (non-hydrogen) atoms. The Labute approximate surface area is 167 Å². The standard InChI is InChI=1S/C22H22FN3O3/c23-17-3-6-19-20(12-24-21(19)11-17)16-7-9-26(10-8-16)13-15-1-4-18(5-2-15)29-14-22(27)25-28/h1-7,11-12,24,28H,8-10,13-14H2,(H,25,27). The summed E-state index contributed by atoms with van der Waals surface area (Å²) in [5.74, 6) is -0.248. The first kappa shape index (κ1) is 19.2. The van der Waals surface area contributed by atoms with Gasteiger partial charge in [-0.1, -0.05) is 18.2 Å². The van der Waals surface area contributed by atoms with Gasteiger partial charge in [-0.3, -0.25) is 14.9 Å². The number of aromatic amines is 1. The molecule has 0 spiro atoms. The third kappa shape index (κ3) is 4.47. The van der Waals surface area contributed by atoms with Crippen LogP contribution >= 0.6 is 0 Å². The summed E-state index contributed by atoms with van der Waals surface area (Å²) in [7, 11) is 0. The molecule has 2 aromatic carbocycles. The quantitative estimate of drug-likeness (QED) is 0.441. The van der Waals surface area contributed by atoms with Crippen LogP contribution in [0.3, 0.4) is 0 Å². The van der Waals surface area contributed by atoms with Gasteiger partial charge in [-0.15, -0.1) is 0 Å². The molecule has 0 saturated heterocycles. The molecule has 0 saturated carbocycles. The van der Waals surface area contributed by atoms with E-state index in [4.69, 9.17) is 9.94 Å². The maximum absolute atomic E-state index is 13.4. The zero-order valence-electron chi connectivity index (χ0n) is 15.8. The van der Waals surface area contributed by atoms with Crippen molar-refractivity contribution in [2.75, 3.05) is 19.7 Å². The van der Waals surface area contributed by atoms with Gasteiger partial charge in [-0.05, 0) is 47.9 Å². The summed E-state index contributed by atoms with van der Waals surface area (Å²) < 4.78 is 18.7. The average Bonchev–Trinajstić information content (AvgIpc) is 3.16. The summed E-state index contributed by atoms with van der Waals surface area (Å²) in [6, 6.07) is 12.4.